The van der Waals surface area contributed by atoms with Crippen molar-refractivity contribution in [2.45, 2.75) is 20.4 Å². The van der Waals surface area contributed by atoms with Crippen molar-refractivity contribution in [1.82, 2.24) is 14.7 Å². The number of rotatable bonds is 3. The van der Waals surface area contributed by atoms with E-state index in [4.69, 9.17) is 0 Å². The molecule has 0 fully saturated rings. The number of hydrogen-bond donors (Lipinski definition) is 0. The first kappa shape index (κ1) is 11.5. The number of hydrogen-bond acceptors (Lipinski definition) is 2. The predicted molar refractivity (Wildman–Crippen MR) is 59.4 cm³/mol. The van der Waals surface area contributed by atoms with Crippen LogP contribution in [0.5, 0.6) is 0 Å². The third-order valence-electron chi connectivity index (χ3n) is 2.61. The van der Waals surface area contributed by atoms with E-state index in [1.165, 1.54) is 6.08 Å². The quantitative estimate of drug-likeness (QED) is 0.698. The molecule has 0 unspecified atom stereocenters. The Hall–Kier alpha value is -1.58. The first-order valence-corrected chi connectivity index (χ1v) is 4.84. The summed E-state index contributed by atoms with van der Waals surface area (Å²) in [7, 11) is 3.66. The van der Waals surface area contributed by atoms with Gasteiger partial charge in [0.25, 0.3) is 0 Å². The van der Waals surface area contributed by atoms with Crippen LogP contribution >= 0.6 is 0 Å². The van der Waals surface area contributed by atoms with Gasteiger partial charge in [0.1, 0.15) is 0 Å². The second-order valence-electron chi connectivity index (χ2n) is 3.67. The lowest BCUT2D eigenvalue weighted by Crippen LogP contribution is -2.24. The number of likely N-dealkylation sites (N-methyl/N-ethyl adjacent to an activating group) is 1. The summed E-state index contributed by atoms with van der Waals surface area (Å²) in [6, 6.07) is 0. The van der Waals surface area contributed by atoms with Gasteiger partial charge in [-0.15, -0.1) is 0 Å². The van der Waals surface area contributed by atoms with Gasteiger partial charge in [0.15, 0.2) is 0 Å². The van der Waals surface area contributed by atoms with Gasteiger partial charge in [-0.25, -0.2) is 0 Å². The minimum atomic E-state index is -0.0716. The maximum absolute atomic E-state index is 11.3. The van der Waals surface area contributed by atoms with Gasteiger partial charge in [0, 0.05) is 31.9 Å². The summed E-state index contributed by atoms with van der Waals surface area (Å²) in [6.45, 7) is 8.00. The third kappa shape index (κ3) is 2.26. The molecule has 82 valence electrons. The number of aryl methyl sites for hydroxylation is 2. The number of aromatic nitrogens is 2. The molecule has 4 heteroatoms. The first-order valence-electron chi connectivity index (χ1n) is 4.84. The maximum atomic E-state index is 11.3. The summed E-state index contributed by atoms with van der Waals surface area (Å²) < 4.78 is 1.83. The standard InChI is InChI=1S/C11H17N3O/c1-6-11(15)13(4)7-10-8(2)12-14(5)9(10)3/h6H,1,7H2,2-5H3. The van der Waals surface area contributed by atoms with Gasteiger partial charge in [-0.05, 0) is 19.9 Å². The van der Waals surface area contributed by atoms with Gasteiger partial charge < -0.3 is 4.90 Å². The molecule has 0 spiro atoms. The Labute approximate surface area is 90.2 Å². The molecule has 1 aromatic rings. The SMILES string of the molecule is C=CC(=O)N(C)Cc1c(C)nn(C)c1C. The highest BCUT2D eigenvalue weighted by molar-refractivity contribution is 5.86. The molecule has 0 bridgehead atoms. The van der Waals surface area contributed by atoms with E-state index < -0.39 is 0 Å². The van der Waals surface area contributed by atoms with Crippen molar-refractivity contribution in [3.8, 4) is 0 Å². The van der Waals surface area contributed by atoms with Gasteiger partial charge in [-0.1, -0.05) is 6.58 Å². The molecule has 0 saturated heterocycles. The van der Waals surface area contributed by atoms with Gasteiger partial charge >= 0.3 is 0 Å². The highest BCUT2D eigenvalue weighted by atomic mass is 16.2. The summed E-state index contributed by atoms with van der Waals surface area (Å²) >= 11 is 0. The minimum Gasteiger partial charge on any atom is -0.338 e. The van der Waals surface area contributed by atoms with Crippen LogP contribution in [0.4, 0.5) is 0 Å². The third-order valence-corrected chi connectivity index (χ3v) is 2.61. The molecule has 0 saturated carbocycles. The lowest BCUT2D eigenvalue weighted by molar-refractivity contribution is -0.125. The van der Waals surface area contributed by atoms with Crippen LogP contribution in [0.3, 0.4) is 0 Å². The van der Waals surface area contributed by atoms with E-state index in [0.29, 0.717) is 6.54 Å². The molecule has 4 nitrogen and oxygen atoms in total. The van der Waals surface area contributed by atoms with E-state index >= 15 is 0 Å². The fraction of sp³-hybridized carbons (Fsp3) is 0.455. The summed E-state index contributed by atoms with van der Waals surface area (Å²) in [5.41, 5.74) is 3.17. The molecule has 1 aromatic heterocycles. The number of amides is 1. The number of carbonyl (C=O) groups excluding carboxylic acids is 1. The van der Waals surface area contributed by atoms with Crippen LogP contribution in [-0.2, 0) is 18.4 Å². The second-order valence-corrected chi connectivity index (χ2v) is 3.67. The Morgan fingerprint density at radius 1 is 1.60 bits per heavy atom. The van der Waals surface area contributed by atoms with Crippen LogP contribution in [0.1, 0.15) is 17.0 Å². The molecular formula is C11H17N3O. The zero-order chi connectivity index (χ0) is 11.6. The highest BCUT2D eigenvalue weighted by Gasteiger charge is 2.13. The number of nitrogens with zero attached hydrogens (tertiary/aromatic N) is 3. The molecule has 0 aliphatic rings. The molecule has 1 amide bonds. The lowest BCUT2D eigenvalue weighted by atomic mass is 10.2. The van der Waals surface area contributed by atoms with Crippen molar-refractivity contribution in [2.24, 2.45) is 7.05 Å². The fourth-order valence-electron chi connectivity index (χ4n) is 1.52. The monoisotopic (exact) mass is 207 g/mol. The molecule has 1 heterocycles. The summed E-state index contributed by atoms with van der Waals surface area (Å²) in [5, 5.41) is 4.30. The van der Waals surface area contributed by atoms with Crippen LogP contribution in [0.25, 0.3) is 0 Å². The van der Waals surface area contributed by atoms with Crippen molar-refractivity contribution in [2.75, 3.05) is 7.05 Å². The van der Waals surface area contributed by atoms with Gasteiger partial charge in [-0.3, -0.25) is 9.48 Å². The topological polar surface area (TPSA) is 38.1 Å². The van der Waals surface area contributed by atoms with E-state index in [2.05, 4.69) is 11.7 Å². The average Bonchev–Trinajstić information content (AvgIpc) is 2.43. The van der Waals surface area contributed by atoms with Crippen molar-refractivity contribution < 1.29 is 4.79 Å². The van der Waals surface area contributed by atoms with Crippen LogP contribution in [0.15, 0.2) is 12.7 Å². The predicted octanol–water partition coefficient (Wildman–Crippen LogP) is 1.18. The number of carbonyl (C=O) groups is 1. The van der Waals surface area contributed by atoms with E-state index in [9.17, 15) is 4.79 Å². The van der Waals surface area contributed by atoms with Crippen molar-refractivity contribution in [1.29, 1.82) is 0 Å². The van der Waals surface area contributed by atoms with Crippen LogP contribution in [0.2, 0.25) is 0 Å². The summed E-state index contributed by atoms with van der Waals surface area (Å²) in [6.07, 6.45) is 1.32. The van der Waals surface area contributed by atoms with E-state index in [-0.39, 0.29) is 5.91 Å². The summed E-state index contributed by atoms with van der Waals surface area (Å²) in [4.78, 5) is 13.0. The molecular weight excluding hydrogens is 190 g/mol. The fourth-order valence-corrected chi connectivity index (χ4v) is 1.52. The average molecular weight is 207 g/mol. The van der Waals surface area contributed by atoms with Crippen LogP contribution in [0, 0.1) is 13.8 Å². The Balaban J connectivity index is 2.89. The minimum absolute atomic E-state index is 0.0716. The van der Waals surface area contributed by atoms with E-state index in [0.717, 1.165) is 17.0 Å². The van der Waals surface area contributed by atoms with Gasteiger partial charge in [-0.2, -0.15) is 5.10 Å². The molecule has 0 atom stereocenters. The Bertz CT molecular complexity index is 393. The zero-order valence-corrected chi connectivity index (χ0v) is 9.74. The Morgan fingerprint density at radius 2 is 2.20 bits per heavy atom. The smallest absolute Gasteiger partial charge is 0.245 e. The van der Waals surface area contributed by atoms with E-state index in [1.807, 2.05) is 25.6 Å². The van der Waals surface area contributed by atoms with Crippen molar-refractivity contribution in [3.05, 3.63) is 29.6 Å². The second kappa shape index (κ2) is 4.29. The van der Waals surface area contributed by atoms with Gasteiger partial charge in [0.2, 0.25) is 5.91 Å². The molecule has 1 rings (SSSR count). The molecule has 0 aliphatic heterocycles. The van der Waals surface area contributed by atoms with Crippen LogP contribution in [-0.4, -0.2) is 27.6 Å². The van der Waals surface area contributed by atoms with Crippen LogP contribution < -0.4 is 0 Å². The molecule has 0 radical (unpaired) electrons. The van der Waals surface area contributed by atoms with Gasteiger partial charge in [0.05, 0.1) is 5.69 Å². The molecule has 0 aromatic carbocycles. The normalized spacial score (nSPS) is 10.1. The molecule has 15 heavy (non-hydrogen) atoms. The Kier molecular flexibility index (Phi) is 3.29. The van der Waals surface area contributed by atoms with Crippen molar-refractivity contribution in [3.63, 3.8) is 0 Å². The van der Waals surface area contributed by atoms with Crippen molar-refractivity contribution >= 4 is 5.91 Å². The lowest BCUT2D eigenvalue weighted by Gasteiger charge is -2.15. The Morgan fingerprint density at radius 3 is 2.60 bits per heavy atom. The zero-order valence-electron chi connectivity index (χ0n) is 9.74. The summed E-state index contributed by atoms with van der Waals surface area (Å²) in [5.74, 6) is -0.0716. The first-order chi connectivity index (χ1) is 6.97. The highest BCUT2D eigenvalue weighted by Crippen LogP contribution is 2.13. The molecule has 0 N–H and O–H groups in total. The molecule has 0 aliphatic carbocycles. The van der Waals surface area contributed by atoms with E-state index in [1.54, 1.807) is 11.9 Å². The largest absolute Gasteiger partial charge is 0.338 e. The maximum Gasteiger partial charge on any atom is 0.245 e.